The molecule has 1 atom stereocenters. The molecule has 0 unspecified atom stereocenters. The molecule has 5 rings (SSSR count). The molecule has 0 amide bonds. The van der Waals surface area contributed by atoms with E-state index in [1.807, 2.05) is 25.1 Å². The number of halogens is 2. The minimum atomic E-state index is -2.77. The van der Waals surface area contributed by atoms with Crippen molar-refractivity contribution in [1.29, 1.82) is 5.26 Å². The molecule has 0 aromatic heterocycles. The summed E-state index contributed by atoms with van der Waals surface area (Å²) >= 11 is 0. The number of rotatable bonds is 4. The maximum Gasteiger partial charge on any atom is 0.345 e. The number of hydrogen-bond donors (Lipinski definition) is 1. The van der Waals surface area contributed by atoms with E-state index >= 15 is 0 Å². The standard InChI is InChI=1S/C26H26F2N4O2/c1-15-23(30)32-26(31-15)22-12-17(19-9-16(14-29)10-21(11-19)33-2)3-4-18(22)13-25(26)7-5-20(6-8-25)34-24(27)28/h3-4,9-12,20,24H,5-8,13H2,1-2H3,(H2,30,32)/t20?,25?,26-/m0/s1. The van der Waals surface area contributed by atoms with E-state index < -0.39 is 18.4 Å². The number of fused-ring (bicyclic) bond motifs is 3. The van der Waals surface area contributed by atoms with Crippen LogP contribution in [0.2, 0.25) is 0 Å². The fraction of sp³-hybridized carbons (Fsp3) is 0.423. The minimum absolute atomic E-state index is 0.343. The van der Waals surface area contributed by atoms with Gasteiger partial charge < -0.3 is 15.2 Å². The van der Waals surface area contributed by atoms with E-state index in [2.05, 4.69) is 18.2 Å². The molecule has 1 heterocycles. The average molecular weight is 465 g/mol. The number of hydrogen-bond acceptors (Lipinski definition) is 6. The number of nitriles is 1. The minimum Gasteiger partial charge on any atom is -0.497 e. The third kappa shape index (κ3) is 3.46. The topological polar surface area (TPSA) is 93.0 Å². The van der Waals surface area contributed by atoms with Crippen LogP contribution in [-0.4, -0.2) is 31.4 Å². The number of ether oxygens (including phenoxy) is 2. The Kier molecular flexibility index (Phi) is 5.40. The van der Waals surface area contributed by atoms with E-state index in [0.29, 0.717) is 48.5 Å². The molecule has 2 aromatic rings. The van der Waals surface area contributed by atoms with Gasteiger partial charge >= 0.3 is 6.61 Å². The molecule has 2 aliphatic carbocycles. The second kappa shape index (κ2) is 8.17. The number of amidine groups is 1. The van der Waals surface area contributed by atoms with Crippen LogP contribution in [0.5, 0.6) is 5.75 Å². The number of aliphatic imine (C=N–C) groups is 2. The number of methoxy groups -OCH3 is 1. The van der Waals surface area contributed by atoms with Crippen molar-refractivity contribution in [2.24, 2.45) is 21.1 Å². The first-order valence-corrected chi connectivity index (χ1v) is 11.4. The van der Waals surface area contributed by atoms with Gasteiger partial charge in [0.05, 0.1) is 30.6 Å². The summed E-state index contributed by atoms with van der Waals surface area (Å²) in [6.07, 6.45) is 2.67. The summed E-state index contributed by atoms with van der Waals surface area (Å²) in [6.45, 7) is -0.909. The highest BCUT2D eigenvalue weighted by molar-refractivity contribution is 6.41. The Balaban J connectivity index is 1.59. The van der Waals surface area contributed by atoms with Gasteiger partial charge in [0.25, 0.3) is 0 Å². The monoisotopic (exact) mass is 464 g/mol. The molecule has 34 heavy (non-hydrogen) atoms. The first kappa shape index (κ1) is 22.5. The SMILES string of the molecule is COc1cc(C#N)cc(-c2ccc3c(c2)[C@@]2(N=C(C)C(N)=N2)C2(CCC(OC(F)F)CC2)C3)c1. The summed E-state index contributed by atoms with van der Waals surface area (Å²) in [5, 5.41) is 9.44. The van der Waals surface area contributed by atoms with Gasteiger partial charge in [0.2, 0.25) is 0 Å². The van der Waals surface area contributed by atoms with Crippen molar-refractivity contribution in [3.05, 3.63) is 53.1 Å². The van der Waals surface area contributed by atoms with Gasteiger partial charge in [-0.05, 0) is 80.0 Å². The third-order valence-electron chi connectivity index (χ3n) is 7.53. The van der Waals surface area contributed by atoms with Crippen LogP contribution in [0.3, 0.4) is 0 Å². The van der Waals surface area contributed by atoms with Gasteiger partial charge in [0, 0.05) is 11.0 Å². The summed E-state index contributed by atoms with van der Waals surface area (Å²) in [4.78, 5) is 9.96. The molecule has 6 nitrogen and oxygen atoms in total. The molecule has 0 saturated heterocycles. The summed E-state index contributed by atoms with van der Waals surface area (Å²) in [6, 6.07) is 13.8. The fourth-order valence-corrected chi connectivity index (χ4v) is 5.84. The third-order valence-corrected chi connectivity index (χ3v) is 7.53. The lowest BCUT2D eigenvalue weighted by Crippen LogP contribution is -2.43. The van der Waals surface area contributed by atoms with Crippen LogP contribution in [-0.2, 0) is 16.8 Å². The smallest absolute Gasteiger partial charge is 0.345 e. The first-order valence-electron chi connectivity index (χ1n) is 11.4. The molecule has 176 valence electrons. The molecule has 8 heteroatoms. The summed E-state index contributed by atoms with van der Waals surface area (Å²) in [5.74, 6) is 1.02. The highest BCUT2D eigenvalue weighted by Crippen LogP contribution is 2.62. The number of alkyl halides is 2. The molecular weight excluding hydrogens is 438 g/mol. The van der Waals surface area contributed by atoms with E-state index in [4.69, 9.17) is 25.2 Å². The van der Waals surface area contributed by atoms with Crippen LogP contribution in [0, 0.1) is 16.7 Å². The van der Waals surface area contributed by atoms with E-state index in [1.165, 1.54) is 0 Å². The van der Waals surface area contributed by atoms with Crippen molar-refractivity contribution in [3.63, 3.8) is 0 Å². The average Bonchev–Trinajstić information content (AvgIpc) is 3.27. The Hall–Kier alpha value is -3.31. The van der Waals surface area contributed by atoms with Crippen LogP contribution < -0.4 is 10.5 Å². The summed E-state index contributed by atoms with van der Waals surface area (Å²) in [5.41, 5.74) is 10.1. The van der Waals surface area contributed by atoms with E-state index in [9.17, 15) is 14.0 Å². The van der Waals surface area contributed by atoms with Crippen molar-refractivity contribution < 1.29 is 18.3 Å². The normalized spacial score (nSPS) is 27.6. The predicted molar refractivity (Wildman–Crippen MR) is 125 cm³/mol. The molecule has 2 N–H and O–H groups in total. The molecule has 2 aromatic carbocycles. The van der Waals surface area contributed by atoms with Gasteiger partial charge in [-0.1, -0.05) is 12.1 Å². The lowest BCUT2D eigenvalue weighted by molar-refractivity contribution is -0.177. The molecule has 0 bridgehead atoms. The zero-order chi connectivity index (χ0) is 24.1. The van der Waals surface area contributed by atoms with Crippen LogP contribution in [0.4, 0.5) is 8.78 Å². The molecule has 1 aliphatic heterocycles. The Bertz CT molecular complexity index is 1220. The van der Waals surface area contributed by atoms with E-state index in [-0.39, 0.29) is 5.41 Å². The van der Waals surface area contributed by atoms with Crippen molar-refractivity contribution in [1.82, 2.24) is 0 Å². The Labute approximate surface area is 197 Å². The van der Waals surface area contributed by atoms with Gasteiger partial charge in [0.1, 0.15) is 11.6 Å². The molecule has 2 spiro atoms. The summed E-state index contributed by atoms with van der Waals surface area (Å²) < 4.78 is 35.8. The largest absolute Gasteiger partial charge is 0.497 e. The molecule has 3 aliphatic rings. The number of nitrogens with two attached hydrogens (primary N) is 1. The molecular formula is C26H26F2N4O2. The Morgan fingerprint density at radius 1 is 1.12 bits per heavy atom. The second-order valence-corrected chi connectivity index (χ2v) is 9.35. The second-order valence-electron chi connectivity index (χ2n) is 9.35. The zero-order valence-corrected chi connectivity index (χ0v) is 19.1. The van der Waals surface area contributed by atoms with Crippen molar-refractivity contribution >= 4 is 11.5 Å². The number of benzene rings is 2. The van der Waals surface area contributed by atoms with Gasteiger partial charge in [-0.3, -0.25) is 4.99 Å². The molecule has 0 radical (unpaired) electrons. The maximum absolute atomic E-state index is 12.8. The van der Waals surface area contributed by atoms with Gasteiger partial charge in [-0.15, -0.1) is 0 Å². The van der Waals surface area contributed by atoms with Crippen molar-refractivity contribution in [2.45, 2.75) is 57.4 Å². The maximum atomic E-state index is 12.8. The lowest BCUT2D eigenvalue weighted by Gasteiger charge is -2.44. The zero-order valence-electron chi connectivity index (χ0n) is 19.1. The highest BCUT2D eigenvalue weighted by Gasteiger charge is 2.60. The van der Waals surface area contributed by atoms with Crippen LogP contribution in [0.15, 0.2) is 46.4 Å². The Morgan fingerprint density at radius 3 is 2.50 bits per heavy atom. The first-order chi connectivity index (χ1) is 16.3. The fourth-order valence-electron chi connectivity index (χ4n) is 5.84. The Morgan fingerprint density at radius 2 is 1.88 bits per heavy atom. The highest BCUT2D eigenvalue weighted by atomic mass is 19.3. The van der Waals surface area contributed by atoms with Crippen molar-refractivity contribution in [2.75, 3.05) is 7.11 Å². The molecule has 1 saturated carbocycles. The van der Waals surface area contributed by atoms with E-state index in [1.54, 1.807) is 13.2 Å². The lowest BCUT2D eigenvalue weighted by atomic mass is 9.65. The van der Waals surface area contributed by atoms with Gasteiger partial charge in [0.15, 0.2) is 5.66 Å². The summed E-state index contributed by atoms with van der Waals surface area (Å²) in [7, 11) is 1.57. The molecule has 1 fully saturated rings. The van der Waals surface area contributed by atoms with Crippen molar-refractivity contribution in [3.8, 4) is 22.9 Å². The number of nitrogens with zero attached hydrogens (tertiary/aromatic N) is 3. The van der Waals surface area contributed by atoms with Crippen LogP contribution >= 0.6 is 0 Å². The van der Waals surface area contributed by atoms with E-state index in [0.717, 1.165) is 28.7 Å². The van der Waals surface area contributed by atoms with Gasteiger partial charge in [-0.2, -0.15) is 14.0 Å². The van der Waals surface area contributed by atoms with Crippen LogP contribution in [0.25, 0.3) is 11.1 Å². The predicted octanol–water partition coefficient (Wildman–Crippen LogP) is 4.94. The quantitative estimate of drug-likeness (QED) is 0.693. The van der Waals surface area contributed by atoms with Crippen LogP contribution in [0.1, 0.15) is 49.3 Å². The van der Waals surface area contributed by atoms with Gasteiger partial charge in [-0.25, -0.2) is 4.99 Å².